The van der Waals surface area contributed by atoms with Crippen LogP contribution in [0.4, 0.5) is 0 Å². The molecule has 2 aliphatic rings. The molecule has 0 radical (unpaired) electrons. The van der Waals surface area contributed by atoms with Crippen molar-refractivity contribution in [2.45, 2.75) is 52.0 Å². The molecule has 130 valence electrons. The van der Waals surface area contributed by atoms with Gasteiger partial charge in [-0.25, -0.2) is 0 Å². The van der Waals surface area contributed by atoms with Crippen molar-refractivity contribution in [1.29, 1.82) is 0 Å². The fourth-order valence-electron chi connectivity index (χ4n) is 3.80. The van der Waals surface area contributed by atoms with Gasteiger partial charge >= 0.3 is 0 Å². The summed E-state index contributed by atoms with van der Waals surface area (Å²) in [5.74, 6) is 0.587. The number of hydrogen-bond acceptors (Lipinski definition) is 2. The number of rotatable bonds is 5. The number of likely N-dealkylation sites (tertiary alicyclic amines) is 1. The first-order chi connectivity index (χ1) is 11.6. The molecule has 1 saturated carbocycles. The molecule has 1 aliphatic heterocycles. The second-order valence-electron chi connectivity index (χ2n) is 7.41. The third kappa shape index (κ3) is 4.37. The molecule has 0 bridgehead atoms. The summed E-state index contributed by atoms with van der Waals surface area (Å²) in [5, 5.41) is 3.09. The van der Waals surface area contributed by atoms with Crippen LogP contribution in [0.25, 0.3) is 0 Å². The van der Waals surface area contributed by atoms with Crippen molar-refractivity contribution in [3.05, 3.63) is 35.4 Å². The summed E-state index contributed by atoms with van der Waals surface area (Å²) < 4.78 is 0. The van der Waals surface area contributed by atoms with Crippen LogP contribution < -0.4 is 5.32 Å². The van der Waals surface area contributed by atoms with Crippen molar-refractivity contribution in [3.63, 3.8) is 0 Å². The van der Waals surface area contributed by atoms with Gasteiger partial charge in [0.05, 0.1) is 5.92 Å². The topological polar surface area (TPSA) is 49.4 Å². The van der Waals surface area contributed by atoms with Gasteiger partial charge in [-0.05, 0) is 31.2 Å². The summed E-state index contributed by atoms with van der Waals surface area (Å²) in [5.41, 5.74) is 2.34. The smallest absolute Gasteiger partial charge is 0.225 e. The van der Waals surface area contributed by atoms with Crippen LogP contribution >= 0.6 is 0 Å². The van der Waals surface area contributed by atoms with Crippen LogP contribution in [0.2, 0.25) is 0 Å². The zero-order chi connectivity index (χ0) is 16.9. The minimum absolute atomic E-state index is 0.0559. The summed E-state index contributed by atoms with van der Waals surface area (Å²) in [6.45, 7) is 3.98. The van der Waals surface area contributed by atoms with E-state index in [0.717, 1.165) is 12.1 Å². The van der Waals surface area contributed by atoms with Gasteiger partial charge in [-0.2, -0.15) is 0 Å². The Morgan fingerprint density at radius 3 is 2.58 bits per heavy atom. The van der Waals surface area contributed by atoms with Gasteiger partial charge in [0.25, 0.3) is 0 Å². The molecule has 1 aliphatic carbocycles. The lowest BCUT2D eigenvalue weighted by Gasteiger charge is -2.22. The normalized spacial score (nSPS) is 22.0. The van der Waals surface area contributed by atoms with Crippen molar-refractivity contribution >= 4 is 11.8 Å². The number of carbonyl (C=O) groups excluding carboxylic acids is 2. The van der Waals surface area contributed by atoms with E-state index in [1.165, 1.54) is 37.7 Å². The zero-order valence-electron chi connectivity index (χ0n) is 14.6. The van der Waals surface area contributed by atoms with Gasteiger partial charge in [0, 0.05) is 26.1 Å². The average Bonchev–Trinajstić information content (AvgIpc) is 2.96. The Balaban J connectivity index is 1.48. The Morgan fingerprint density at radius 2 is 1.88 bits per heavy atom. The van der Waals surface area contributed by atoms with Crippen LogP contribution in [0.5, 0.6) is 0 Å². The molecule has 0 aromatic heterocycles. The molecule has 1 aromatic rings. The number of carbonyl (C=O) groups is 2. The van der Waals surface area contributed by atoms with E-state index >= 15 is 0 Å². The van der Waals surface area contributed by atoms with Gasteiger partial charge in [0.1, 0.15) is 0 Å². The van der Waals surface area contributed by atoms with E-state index in [1.807, 2.05) is 4.90 Å². The fourth-order valence-corrected chi connectivity index (χ4v) is 3.80. The Kier molecular flexibility index (Phi) is 5.54. The molecule has 3 rings (SSSR count). The molecule has 1 aromatic carbocycles. The summed E-state index contributed by atoms with van der Waals surface area (Å²) in [6.07, 6.45) is 6.70. The van der Waals surface area contributed by atoms with Gasteiger partial charge in [0.15, 0.2) is 0 Å². The second kappa shape index (κ2) is 7.82. The Bertz CT molecular complexity index is 576. The molecule has 1 N–H and O–H groups in total. The maximum atomic E-state index is 12.4. The summed E-state index contributed by atoms with van der Waals surface area (Å²) in [6, 6.07) is 8.23. The molecule has 2 amide bonds. The van der Waals surface area contributed by atoms with Crippen LogP contribution in [-0.2, 0) is 16.1 Å². The summed E-state index contributed by atoms with van der Waals surface area (Å²) >= 11 is 0. The highest BCUT2D eigenvalue weighted by Gasteiger charge is 2.34. The second-order valence-corrected chi connectivity index (χ2v) is 7.41. The van der Waals surface area contributed by atoms with Gasteiger partial charge in [-0.3, -0.25) is 9.59 Å². The first kappa shape index (κ1) is 17.0. The van der Waals surface area contributed by atoms with Crippen LogP contribution in [0.15, 0.2) is 24.3 Å². The SMILES string of the molecule is Cc1ccc(CN2CC(C(=O)NCC3CCCCC3)CC2=O)cc1. The molecular formula is C20H28N2O2. The molecule has 24 heavy (non-hydrogen) atoms. The van der Waals surface area contributed by atoms with E-state index in [1.54, 1.807) is 0 Å². The predicted octanol–water partition coefficient (Wildman–Crippen LogP) is 3.04. The molecule has 1 heterocycles. The Labute approximate surface area is 144 Å². The zero-order valence-corrected chi connectivity index (χ0v) is 14.6. The molecule has 1 unspecified atom stereocenters. The average molecular weight is 328 g/mol. The van der Waals surface area contributed by atoms with Gasteiger partial charge in [-0.1, -0.05) is 49.1 Å². The highest BCUT2D eigenvalue weighted by atomic mass is 16.2. The minimum Gasteiger partial charge on any atom is -0.356 e. The van der Waals surface area contributed by atoms with Crippen LogP contribution in [0, 0.1) is 18.8 Å². The standard InChI is InChI=1S/C20H28N2O2/c1-15-7-9-17(10-8-15)13-22-14-18(11-19(22)23)20(24)21-12-16-5-3-2-4-6-16/h7-10,16,18H,2-6,11-14H2,1H3,(H,21,24). The van der Waals surface area contributed by atoms with Gasteiger partial charge < -0.3 is 10.2 Å². The van der Waals surface area contributed by atoms with E-state index in [4.69, 9.17) is 0 Å². The van der Waals surface area contributed by atoms with Crippen LogP contribution in [0.3, 0.4) is 0 Å². The Hall–Kier alpha value is -1.84. The van der Waals surface area contributed by atoms with Gasteiger partial charge in [-0.15, -0.1) is 0 Å². The van der Waals surface area contributed by atoms with Crippen molar-refractivity contribution in [3.8, 4) is 0 Å². The molecule has 2 fully saturated rings. The summed E-state index contributed by atoms with van der Waals surface area (Å²) in [4.78, 5) is 26.4. The third-order valence-electron chi connectivity index (χ3n) is 5.37. The minimum atomic E-state index is -0.188. The number of hydrogen-bond donors (Lipinski definition) is 1. The molecular weight excluding hydrogens is 300 g/mol. The van der Waals surface area contributed by atoms with E-state index in [-0.39, 0.29) is 17.7 Å². The lowest BCUT2D eigenvalue weighted by molar-refractivity contribution is -0.129. The maximum absolute atomic E-state index is 12.4. The molecule has 1 atom stereocenters. The number of aryl methyl sites for hydroxylation is 1. The molecule has 0 spiro atoms. The Morgan fingerprint density at radius 1 is 1.17 bits per heavy atom. The predicted molar refractivity (Wildman–Crippen MR) is 94.3 cm³/mol. The maximum Gasteiger partial charge on any atom is 0.225 e. The van der Waals surface area contributed by atoms with Crippen LogP contribution in [0.1, 0.15) is 49.7 Å². The molecule has 1 saturated heterocycles. The lowest BCUT2D eigenvalue weighted by Crippen LogP contribution is -2.36. The fraction of sp³-hybridized carbons (Fsp3) is 0.600. The van der Waals surface area contributed by atoms with E-state index in [9.17, 15) is 9.59 Å². The van der Waals surface area contributed by atoms with Crippen LogP contribution in [-0.4, -0.2) is 29.8 Å². The quantitative estimate of drug-likeness (QED) is 0.903. The first-order valence-corrected chi connectivity index (χ1v) is 9.23. The highest BCUT2D eigenvalue weighted by molar-refractivity contribution is 5.89. The largest absolute Gasteiger partial charge is 0.356 e. The van der Waals surface area contributed by atoms with Crippen molar-refractivity contribution in [2.75, 3.05) is 13.1 Å². The van der Waals surface area contributed by atoms with Crippen molar-refractivity contribution in [1.82, 2.24) is 10.2 Å². The monoisotopic (exact) mass is 328 g/mol. The van der Waals surface area contributed by atoms with Gasteiger partial charge in [0.2, 0.25) is 11.8 Å². The van der Waals surface area contributed by atoms with E-state index in [2.05, 4.69) is 36.5 Å². The van der Waals surface area contributed by atoms with E-state index in [0.29, 0.717) is 25.4 Å². The number of benzene rings is 1. The molecule has 4 heteroatoms. The number of nitrogens with zero attached hydrogens (tertiary/aromatic N) is 1. The molecule has 4 nitrogen and oxygen atoms in total. The van der Waals surface area contributed by atoms with Crippen molar-refractivity contribution in [2.24, 2.45) is 11.8 Å². The number of nitrogens with one attached hydrogen (secondary N) is 1. The van der Waals surface area contributed by atoms with E-state index < -0.39 is 0 Å². The first-order valence-electron chi connectivity index (χ1n) is 9.23. The summed E-state index contributed by atoms with van der Waals surface area (Å²) in [7, 11) is 0. The number of amides is 2. The van der Waals surface area contributed by atoms with Crippen molar-refractivity contribution < 1.29 is 9.59 Å². The lowest BCUT2D eigenvalue weighted by atomic mass is 9.89. The highest BCUT2D eigenvalue weighted by Crippen LogP contribution is 2.24. The third-order valence-corrected chi connectivity index (χ3v) is 5.37.